The lowest BCUT2D eigenvalue weighted by molar-refractivity contribution is 0.311. The van der Waals surface area contributed by atoms with Gasteiger partial charge in [0.05, 0.1) is 12.3 Å². The molecule has 0 radical (unpaired) electrons. The summed E-state index contributed by atoms with van der Waals surface area (Å²) in [4.78, 5) is 11.3. The molecule has 0 unspecified atom stereocenters. The lowest BCUT2D eigenvalue weighted by atomic mass is 10.1. The third-order valence-corrected chi connectivity index (χ3v) is 2.33. The van der Waals surface area contributed by atoms with Crippen LogP contribution < -0.4 is 10.9 Å². The Morgan fingerprint density at radius 1 is 1.38 bits per heavy atom. The molecule has 0 bridgehead atoms. The van der Waals surface area contributed by atoms with Gasteiger partial charge in [0.2, 0.25) is 0 Å². The van der Waals surface area contributed by atoms with E-state index in [2.05, 4.69) is 5.32 Å². The van der Waals surface area contributed by atoms with E-state index < -0.39 is 5.63 Å². The fraction of sp³-hybridized carbons (Fsp3) is 0.250. The topological polar surface area (TPSA) is 62.5 Å². The average Bonchev–Trinajstić information content (AvgIpc) is 2.26. The maximum atomic E-state index is 11.3. The fourth-order valence-electron chi connectivity index (χ4n) is 1.61. The van der Waals surface area contributed by atoms with Crippen LogP contribution in [-0.4, -0.2) is 18.3 Å². The predicted molar refractivity (Wildman–Crippen MR) is 62.8 cm³/mol. The zero-order chi connectivity index (χ0) is 11.5. The number of anilines is 1. The smallest absolute Gasteiger partial charge is 0.338 e. The highest BCUT2D eigenvalue weighted by Gasteiger charge is 2.04. The maximum absolute atomic E-state index is 11.3. The minimum Gasteiger partial charge on any atom is -0.423 e. The van der Waals surface area contributed by atoms with Gasteiger partial charge in [0, 0.05) is 18.0 Å². The van der Waals surface area contributed by atoms with Crippen LogP contribution >= 0.6 is 0 Å². The van der Waals surface area contributed by atoms with Gasteiger partial charge in [-0.05, 0) is 19.1 Å². The van der Waals surface area contributed by atoms with Crippen LogP contribution in [0, 0.1) is 6.92 Å². The van der Waals surface area contributed by atoms with Gasteiger partial charge in [-0.3, -0.25) is 0 Å². The minimum absolute atomic E-state index is 0.0214. The van der Waals surface area contributed by atoms with E-state index >= 15 is 0 Å². The Bertz CT molecular complexity index is 560. The van der Waals surface area contributed by atoms with Crippen molar-refractivity contribution in [3.8, 4) is 0 Å². The van der Waals surface area contributed by atoms with Crippen molar-refractivity contribution >= 4 is 16.7 Å². The van der Waals surface area contributed by atoms with E-state index in [-0.39, 0.29) is 6.61 Å². The monoisotopic (exact) mass is 219 g/mol. The Hall–Kier alpha value is -1.81. The second-order valence-corrected chi connectivity index (χ2v) is 3.63. The first kappa shape index (κ1) is 10.7. The van der Waals surface area contributed by atoms with Crippen molar-refractivity contribution in [2.75, 3.05) is 18.5 Å². The van der Waals surface area contributed by atoms with Crippen molar-refractivity contribution in [1.82, 2.24) is 0 Å². The number of aliphatic hydroxyl groups excluding tert-OH is 1. The third kappa shape index (κ3) is 2.06. The fourth-order valence-corrected chi connectivity index (χ4v) is 1.61. The zero-order valence-electron chi connectivity index (χ0n) is 8.99. The van der Waals surface area contributed by atoms with E-state index in [1.807, 2.05) is 19.1 Å². The van der Waals surface area contributed by atoms with E-state index in [1.54, 1.807) is 6.07 Å². The van der Waals surface area contributed by atoms with E-state index in [4.69, 9.17) is 9.52 Å². The first-order chi connectivity index (χ1) is 7.70. The van der Waals surface area contributed by atoms with Crippen LogP contribution in [0.4, 0.5) is 5.69 Å². The molecule has 0 fully saturated rings. The molecule has 0 amide bonds. The van der Waals surface area contributed by atoms with Crippen LogP contribution in [0.3, 0.4) is 0 Å². The van der Waals surface area contributed by atoms with Crippen molar-refractivity contribution in [2.45, 2.75) is 6.92 Å². The molecule has 2 aromatic rings. The van der Waals surface area contributed by atoms with Crippen molar-refractivity contribution in [1.29, 1.82) is 0 Å². The highest BCUT2D eigenvalue weighted by molar-refractivity contribution is 5.90. The summed E-state index contributed by atoms with van der Waals surface area (Å²) in [6.07, 6.45) is 0. The summed E-state index contributed by atoms with van der Waals surface area (Å²) in [5.74, 6) is 0. The van der Waals surface area contributed by atoms with Gasteiger partial charge in [-0.2, -0.15) is 0 Å². The van der Waals surface area contributed by atoms with Crippen LogP contribution in [0.1, 0.15) is 5.56 Å². The summed E-state index contributed by atoms with van der Waals surface area (Å²) < 4.78 is 5.08. The summed E-state index contributed by atoms with van der Waals surface area (Å²) in [6, 6.07) is 7.01. The highest BCUT2D eigenvalue weighted by Crippen LogP contribution is 2.22. The summed E-state index contributed by atoms with van der Waals surface area (Å²) in [5, 5.41) is 12.6. The zero-order valence-corrected chi connectivity index (χ0v) is 8.99. The number of benzene rings is 1. The normalized spacial score (nSPS) is 10.6. The molecule has 1 aromatic heterocycles. The van der Waals surface area contributed by atoms with Crippen LogP contribution in [-0.2, 0) is 0 Å². The van der Waals surface area contributed by atoms with Gasteiger partial charge in [-0.15, -0.1) is 0 Å². The van der Waals surface area contributed by atoms with E-state index in [1.165, 1.54) is 6.07 Å². The molecule has 2 N–H and O–H groups in total. The first-order valence-electron chi connectivity index (χ1n) is 5.10. The largest absolute Gasteiger partial charge is 0.423 e. The number of rotatable bonds is 3. The van der Waals surface area contributed by atoms with Crippen LogP contribution in [0.25, 0.3) is 11.0 Å². The Morgan fingerprint density at radius 2 is 2.19 bits per heavy atom. The lowest BCUT2D eigenvalue weighted by Gasteiger charge is -2.07. The quantitative estimate of drug-likeness (QED) is 0.768. The number of aliphatic hydroxyl groups is 1. The van der Waals surface area contributed by atoms with Crippen molar-refractivity contribution in [2.24, 2.45) is 0 Å². The maximum Gasteiger partial charge on any atom is 0.338 e. The summed E-state index contributed by atoms with van der Waals surface area (Å²) in [6.45, 7) is 2.40. The molecule has 1 aromatic carbocycles. The molecule has 4 nitrogen and oxygen atoms in total. The Labute approximate surface area is 92.5 Å². The molecule has 0 saturated carbocycles. The Kier molecular flexibility index (Phi) is 2.92. The molecule has 16 heavy (non-hydrogen) atoms. The average molecular weight is 219 g/mol. The number of aryl methyl sites for hydroxylation is 1. The number of hydrogen-bond acceptors (Lipinski definition) is 4. The molecule has 2 rings (SSSR count). The predicted octanol–water partition coefficient (Wildman–Crippen LogP) is 1.51. The minimum atomic E-state index is -0.392. The molecule has 0 atom stereocenters. The van der Waals surface area contributed by atoms with Gasteiger partial charge in [0.1, 0.15) is 5.58 Å². The molecule has 0 aliphatic heterocycles. The standard InChI is InChI=1S/C12H13NO3/c1-8-2-3-11-9(6-8)10(13-4-5-14)7-12(15)16-11/h2-3,6-7,13-14H,4-5H2,1H3. The highest BCUT2D eigenvalue weighted by atomic mass is 16.4. The van der Waals surface area contributed by atoms with Crippen LogP contribution in [0.15, 0.2) is 33.5 Å². The number of nitrogens with one attached hydrogen (secondary N) is 1. The van der Waals surface area contributed by atoms with Crippen molar-refractivity contribution in [3.05, 3.63) is 40.2 Å². The third-order valence-electron chi connectivity index (χ3n) is 2.33. The molecule has 0 spiro atoms. The molecular formula is C12H13NO3. The van der Waals surface area contributed by atoms with Gasteiger partial charge in [0.15, 0.2) is 0 Å². The van der Waals surface area contributed by atoms with Crippen LogP contribution in [0.2, 0.25) is 0 Å². The van der Waals surface area contributed by atoms with E-state index in [0.717, 1.165) is 10.9 Å². The molecule has 0 saturated heterocycles. The van der Waals surface area contributed by atoms with Gasteiger partial charge < -0.3 is 14.8 Å². The second kappa shape index (κ2) is 4.37. The lowest BCUT2D eigenvalue weighted by Crippen LogP contribution is -2.08. The molecule has 1 heterocycles. The Balaban J connectivity index is 2.60. The summed E-state index contributed by atoms with van der Waals surface area (Å²) in [5.41, 5.74) is 1.95. The first-order valence-corrected chi connectivity index (χ1v) is 5.10. The number of hydrogen-bond donors (Lipinski definition) is 2. The van der Waals surface area contributed by atoms with Crippen molar-refractivity contribution < 1.29 is 9.52 Å². The van der Waals surface area contributed by atoms with Gasteiger partial charge in [-0.1, -0.05) is 11.6 Å². The van der Waals surface area contributed by atoms with E-state index in [0.29, 0.717) is 17.8 Å². The summed E-state index contributed by atoms with van der Waals surface area (Å²) >= 11 is 0. The molecule has 84 valence electrons. The molecular weight excluding hydrogens is 206 g/mol. The molecule has 4 heteroatoms. The summed E-state index contributed by atoms with van der Waals surface area (Å²) in [7, 11) is 0. The van der Waals surface area contributed by atoms with E-state index in [9.17, 15) is 4.79 Å². The SMILES string of the molecule is Cc1ccc2oc(=O)cc(NCCO)c2c1. The van der Waals surface area contributed by atoms with Gasteiger partial charge >= 0.3 is 5.63 Å². The van der Waals surface area contributed by atoms with Gasteiger partial charge in [-0.25, -0.2) is 4.79 Å². The Morgan fingerprint density at radius 3 is 2.94 bits per heavy atom. The van der Waals surface area contributed by atoms with Crippen LogP contribution in [0.5, 0.6) is 0 Å². The van der Waals surface area contributed by atoms with Crippen molar-refractivity contribution in [3.63, 3.8) is 0 Å². The number of fused-ring (bicyclic) bond motifs is 1. The second-order valence-electron chi connectivity index (χ2n) is 3.63. The molecule has 0 aliphatic rings. The van der Waals surface area contributed by atoms with Gasteiger partial charge in [0.25, 0.3) is 0 Å². The molecule has 0 aliphatic carbocycles.